The maximum absolute atomic E-state index is 13.2. The minimum absolute atomic E-state index is 0.0907. The molecule has 3 rings (SSSR count). The molecule has 2 heterocycles. The number of carbonyl (C=O) groups is 1. The first-order chi connectivity index (χ1) is 12.0. The van der Waals surface area contributed by atoms with Crippen LogP contribution < -0.4 is 10.3 Å². The molecule has 3 aromatic rings. The quantitative estimate of drug-likeness (QED) is 0.686. The Labute approximate surface area is 139 Å². The number of ether oxygens (including phenoxy) is 1. The van der Waals surface area contributed by atoms with Crippen LogP contribution in [-0.4, -0.2) is 26.4 Å². The van der Waals surface area contributed by atoms with Gasteiger partial charge in [0.2, 0.25) is 0 Å². The largest absolute Gasteiger partial charge is 0.416 e. The van der Waals surface area contributed by atoms with Crippen molar-refractivity contribution in [1.82, 2.24) is 20.4 Å². The average molecular weight is 346 g/mol. The van der Waals surface area contributed by atoms with E-state index < -0.39 is 23.2 Å². The molecule has 0 fully saturated rings. The molecule has 0 saturated heterocycles. The number of halogens is 2. The number of aryl methyl sites for hydroxylation is 2. The molecule has 0 aliphatic heterocycles. The molecule has 2 N–H and O–H groups in total. The highest BCUT2D eigenvalue weighted by molar-refractivity contribution is 5.88. The van der Waals surface area contributed by atoms with E-state index >= 15 is 0 Å². The zero-order chi connectivity index (χ0) is 17.8. The van der Waals surface area contributed by atoms with Gasteiger partial charge in [0, 0.05) is 18.3 Å². The summed E-state index contributed by atoms with van der Waals surface area (Å²) in [7, 11) is 0. The number of nitrogens with zero attached hydrogens (tertiary/aromatic N) is 2. The van der Waals surface area contributed by atoms with E-state index in [1.165, 1.54) is 30.5 Å². The third kappa shape index (κ3) is 4.14. The first kappa shape index (κ1) is 16.5. The Bertz CT molecular complexity index is 934. The molecule has 0 amide bonds. The number of benzene rings is 1. The summed E-state index contributed by atoms with van der Waals surface area (Å²) in [6.45, 7) is 0. The average Bonchev–Trinajstić information content (AvgIpc) is 3.09. The van der Waals surface area contributed by atoms with Crippen molar-refractivity contribution >= 4 is 5.97 Å². The van der Waals surface area contributed by atoms with E-state index in [-0.39, 0.29) is 17.9 Å². The second kappa shape index (κ2) is 7.04. The molecule has 7 nitrogen and oxygen atoms in total. The van der Waals surface area contributed by atoms with Gasteiger partial charge < -0.3 is 4.74 Å². The molecule has 0 aliphatic carbocycles. The van der Waals surface area contributed by atoms with E-state index in [2.05, 4.69) is 20.4 Å². The number of rotatable bonds is 5. The number of aromatic amines is 2. The Morgan fingerprint density at radius 3 is 2.52 bits per heavy atom. The maximum Gasteiger partial charge on any atom is 0.361 e. The van der Waals surface area contributed by atoms with Gasteiger partial charge in [-0.3, -0.25) is 9.89 Å². The zero-order valence-electron chi connectivity index (χ0n) is 12.8. The zero-order valence-corrected chi connectivity index (χ0v) is 12.8. The fraction of sp³-hybridized carbons (Fsp3) is 0.125. The van der Waals surface area contributed by atoms with Gasteiger partial charge in [-0.25, -0.2) is 18.7 Å². The number of aromatic nitrogens is 4. The van der Waals surface area contributed by atoms with Crippen LogP contribution in [0.1, 0.15) is 21.7 Å². The van der Waals surface area contributed by atoms with Gasteiger partial charge in [-0.1, -0.05) is 0 Å². The maximum atomic E-state index is 13.2. The molecular weight excluding hydrogens is 334 g/mol. The first-order valence-electron chi connectivity index (χ1n) is 7.26. The molecule has 128 valence electrons. The molecule has 1 aromatic carbocycles. The van der Waals surface area contributed by atoms with Crippen molar-refractivity contribution in [3.05, 3.63) is 75.5 Å². The standard InChI is InChI=1S/C16H12F2N4O3/c17-10-5-9(6-11(18)7-10)1-2-12-8-14(15(23)22-20-12)25-16(24)13-3-4-19-21-13/h3-8H,1-2H2,(H,19,21)(H,22,23). The van der Waals surface area contributed by atoms with Gasteiger partial charge in [0.1, 0.15) is 17.3 Å². The number of carbonyl (C=O) groups excluding carboxylic acids is 1. The summed E-state index contributed by atoms with van der Waals surface area (Å²) < 4.78 is 31.4. The lowest BCUT2D eigenvalue weighted by molar-refractivity contribution is 0.0725. The highest BCUT2D eigenvalue weighted by atomic mass is 19.1. The lowest BCUT2D eigenvalue weighted by Crippen LogP contribution is -2.19. The monoisotopic (exact) mass is 346 g/mol. The molecule has 0 unspecified atom stereocenters. The Morgan fingerprint density at radius 2 is 1.84 bits per heavy atom. The number of hydrogen-bond donors (Lipinski definition) is 2. The molecule has 0 aliphatic rings. The second-order valence-corrected chi connectivity index (χ2v) is 5.19. The molecule has 0 bridgehead atoms. The molecule has 9 heteroatoms. The molecule has 0 saturated carbocycles. The van der Waals surface area contributed by atoms with Crippen LogP contribution in [0.3, 0.4) is 0 Å². The van der Waals surface area contributed by atoms with Gasteiger partial charge >= 0.3 is 11.5 Å². The van der Waals surface area contributed by atoms with E-state index in [9.17, 15) is 18.4 Å². The normalized spacial score (nSPS) is 10.6. The van der Waals surface area contributed by atoms with Gasteiger partial charge in [0.15, 0.2) is 5.75 Å². The summed E-state index contributed by atoms with van der Waals surface area (Å²) in [5, 5.41) is 12.1. The van der Waals surface area contributed by atoms with Gasteiger partial charge in [-0.15, -0.1) is 0 Å². The van der Waals surface area contributed by atoms with Crippen molar-refractivity contribution < 1.29 is 18.3 Å². The molecule has 0 spiro atoms. The minimum atomic E-state index is -0.771. The molecule has 0 atom stereocenters. The van der Waals surface area contributed by atoms with Crippen LogP contribution in [-0.2, 0) is 12.8 Å². The number of esters is 1. The van der Waals surface area contributed by atoms with E-state index in [0.717, 1.165) is 6.07 Å². The summed E-state index contributed by atoms with van der Waals surface area (Å²) in [6, 6.07) is 5.93. The van der Waals surface area contributed by atoms with Crippen LogP contribution >= 0.6 is 0 Å². The van der Waals surface area contributed by atoms with Crippen molar-refractivity contribution in [1.29, 1.82) is 0 Å². The second-order valence-electron chi connectivity index (χ2n) is 5.19. The van der Waals surface area contributed by atoms with Crippen LogP contribution in [0.15, 0.2) is 41.3 Å². The van der Waals surface area contributed by atoms with E-state index in [1.807, 2.05) is 0 Å². The SMILES string of the molecule is O=C(Oc1cc(CCc2cc(F)cc(F)c2)n[nH]c1=O)c1ccn[nH]1. The van der Waals surface area contributed by atoms with Crippen molar-refractivity contribution in [3.8, 4) is 5.75 Å². The van der Waals surface area contributed by atoms with Crippen LogP contribution in [0.4, 0.5) is 8.78 Å². The summed E-state index contributed by atoms with van der Waals surface area (Å²) in [4.78, 5) is 23.6. The van der Waals surface area contributed by atoms with Gasteiger partial charge in [0.05, 0.1) is 5.69 Å². The van der Waals surface area contributed by atoms with E-state index in [4.69, 9.17) is 4.74 Å². The fourth-order valence-corrected chi connectivity index (χ4v) is 2.18. The van der Waals surface area contributed by atoms with Gasteiger partial charge in [-0.2, -0.15) is 10.2 Å². The fourth-order valence-electron chi connectivity index (χ4n) is 2.18. The Hall–Kier alpha value is -3.36. The highest BCUT2D eigenvalue weighted by Gasteiger charge is 2.13. The Morgan fingerprint density at radius 1 is 1.08 bits per heavy atom. The number of H-pyrrole nitrogens is 2. The topological polar surface area (TPSA) is 101 Å². The van der Waals surface area contributed by atoms with Gasteiger partial charge in [-0.05, 0) is 36.6 Å². The first-order valence-corrected chi connectivity index (χ1v) is 7.26. The van der Waals surface area contributed by atoms with Crippen molar-refractivity contribution in [2.45, 2.75) is 12.8 Å². The molecule has 25 heavy (non-hydrogen) atoms. The third-order valence-electron chi connectivity index (χ3n) is 3.34. The summed E-state index contributed by atoms with van der Waals surface area (Å²) >= 11 is 0. The van der Waals surface area contributed by atoms with Gasteiger partial charge in [0.25, 0.3) is 0 Å². The minimum Gasteiger partial charge on any atom is -0.416 e. The van der Waals surface area contributed by atoms with E-state index in [1.54, 1.807) is 0 Å². The lowest BCUT2D eigenvalue weighted by Gasteiger charge is -2.05. The predicted octanol–water partition coefficient (Wildman–Crippen LogP) is 1.78. The van der Waals surface area contributed by atoms with E-state index in [0.29, 0.717) is 17.7 Å². The lowest BCUT2D eigenvalue weighted by atomic mass is 10.1. The van der Waals surface area contributed by atoms with Crippen LogP contribution in [0, 0.1) is 11.6 Å². The number of hydrogen-bond acceptors (Lipinski definition) is 5. The van der Waals surface area contributed by atoms with Crippen molar-refractivity contribution in [2.24, 2.45) is 0 Å². The Balaban J connectivity index is 1.72. The molecule has 0 radical (unpaired) electrons. The Kier molecular flexibility index (Phi) is 4.64. The number of nitrogens with one attached hydrogen (secondary N) is 2. The third-order valence-corrected chi connectivity index (χ3v) is 3.34. The van der Waals surface area contributed by atoms with Crippen LogP contribution in [0.5, 0.6) is 5.75 Å². The predicted molar refractivity (Wildman–Crippen MR) is 82.2 cm³/mol. The summed E-state index contributed by atoms with van der Waals surface area (Å²) in [5.74, 6) is -2.33. The summed E-state index contributed by atoms with van der Waals surface area (Å²) in [5.41, 5.74) is 0.264. The smallest absolute Gasteiger partial charge is 0.361 e. The highest BCUT2D eigenvalue weighted by Crippen LogP contribution is 2.12. The molecular formula is C16H12F2N4O3. The van der Waals surface area contributed by atoms with Crippen molar-refractivity contribution in [2.75, 3.05) is 0 Å². The molecule has 2 aromatic heterocycles. The summed E-state index contributed by atoms with van der Waals surface area (Å²) in [6.07, 6.45) is 1.95. The van der Waals surface area contributed by atoms with Crippen LogP contribution in [0.25, 0.3) is 0 Å². The van der Waals surface area contributed by atoms with Crippen LogP contribution in [0.2, 0.25) is 0 Å². The van der Waals surface area contributed by atoms with Crippen molar-refractivity contribution in [3.63, 3.8) is 0 Å².